The number of rotatable bonds is 1. The van der Waals surface area contributed by atoms with Gasteiger partial charge in [0, 0.05) is 19.8 Å². The molecular formula is C10H16ClN. The van der Waals surface area contributed by atoms with Crippen molar-refractivity contribution in [1.82, 2.24) is 0 Å². The Hall–Kier alpha value is -0.690. The first-order valence-corrected chi connectivity index (χ1v) is 3.86. The molecule has 1 rings (SSSR count). The summed E-state index contributed by atoms with van der Waals surface area (Å²) >= 11 is 0. The third kappa shape index (κ3) is 2.42. The average Bonchev–Trinajstić information content (AvgIpc) is 1.94. The molecule has 0 amide bonds. The molecule has 1 aromatic carbocycles. The maximum atomic E-state index is 2.20. The molecule has 0 aliphatic rings. The summed E-state index contributed by atoms with van der Waals surface area (Å²) in [5.41, 5.74) is 3.99. The van der Waals surface area contributed by atoms with Gasteiger partial charge in [-0.25, -0.2) is 0 Å². The summed E-state index contributed by atoms with van der Waals surface area (Å²) in [5, 5.41) is 0. The molecule has 68 valence electrons. The second kappa shape index (κ2) is 4.36. The highest BCUT2D eigenvalue weighted by Crippen LogP contribution is 2.15. The van der Waals surface area contributed by atoms with Crippen LogP contribution in [0.2, 0.25) is 0 Å². The minimum Gasteiger partial charge on any atom is -0.378 e. The SMILES string of the molecule is Cc1ccc(N(C)C)cc1C.Cl. The Morgan fingerprint density at radius 1 is 1.00 bits per heavy atom. The molecule has 0 aliphatic heterocycles. The first-order chi connectivity index (χ1) is 5.11. The molecule has 0 bridgehead atoms. The second-order valence-electron chi connectivity index (χ2n) is 3.16. The highest BCUT2D eigenvalue weighted by Gasteiger charge is 1.96. The molecule has 0 atom stereocenters. The van der Waals surface area contributed by atoms with Gasteiger partial charge in [-0.05, 0) is 37.1 Å². The summed E-state index contributed by atoms with van der Waals surface area (Å²) in [6.45, 7) is 4.27. The van der Waals surface area contributed by atoms with Crippen LogP contribution in [-0.4, -0.2) is 14.1 Å². The van der Waals surface area contributed by atoms with Crippen LogP contribution in [0, 0.1) is 13.8 Å². The van der Waals surface area contributed by atoms with Crippen molar-refractivity contribution >= 4 is 18.1 Å². The predicted octanol–water partition coefficient (Wildman–Crippen LogP) is 2.79. The van der Waals surface area contributed by atoms with Crippen LogP contribution in [0.25, 0.3) is 0 Å². The average molecular weight is 186 g/mol. The summed E-state index contributed by atoms with van der Waals surface area (Å²) < 4.78 is 0. The van der Waals surface area contributed by atoms with Crippen LogP contribution in [0.4, 0.5) is 5.69 Å². The maximum absolute atomic E-state index is 2.20. The van der Waals surface area contributed by atoms with Crippen LogP contribution in [0.5, 0.6) is 0 Å². The minimum absolute atomic E-state index is 0. The molecule has 0 unspecified atom stereocenters. The summed E-state index contributed by atoms with van der Waals surface area (Å²) in [6.07, 6.45) is 0. The Balaban J connectivity index is 0.00000121. The Morgan fingerprint density at radius 2 is 1.58 bits per heavy atom. The summed E-state index contributed by atoms with van der Waals surface area (Å²) in [5.74, 6) is 0. The van der Waals surface area contributed by atoms with Crippen molar-refractivity contribution in [3.05, 3.63) is 29.3 Å². The number of aryl methyl sites for hydroxylation is 2. The van der Waals surface area contributed by atoms with Crippen molar-refractivity contribution in [1.29, 1.82) is 0 Å². The van der Waals surface area contributed by atoms with Gasteiger partial charge in [0.15, 0.2) is 0 Å². The van der Waals surface area contributed by atoms with Gasteiger partial charge in [-0.1, -0.05) is 6.07 Å². The molecule has 0 heterocycles. The number of benzene rings is 1. The highest BCUT2D eigenvalue weighted by atomic mass is 35.5. The van der Waals surface area contributed by atoms with Crippen LogP contribution in [-0.2, 0) is 0 Å². The van der Waals surface area contributed by atoms with Gasteiger partial charge in [-0.15, -0.1) is 12.4 Å². The quantitative estimate of drug-likeness (QED) is 0.651. The molecule has 0 spiro atoms. The Morgan fingerprint density at radius 3 is 2.00 bits per heavy atom. The van der Waals surface area contributed by atoms with Gasteiger partial charge in [0.25, 0.3) is 0 Å². The molecule has 0 aromatic heterocycles. The van der Waals surface area contributed by atoms with E-state index in [1.807, 2.05) is 0 Å². The van der Waals surface area contributed by atoms with Gasteiger partial charge in [0.1, 0.15) is 0 Å². The molecule has 2 heteroatoms. The van der Waals surface area contributed by atoms with E-state index in [2.05, 4.69) is 51.0 Å². The van der Waals surface area contributed by atoms with Crippen molar-refractivity contribution in [2.24, 2.45) is 0 Å². The zero-order valence-electron chi connectivity index (χ0n) is 8.09. The monoisotopic (exact) mass is 185 g/mol. The van der Waals surface area contributed by atoms with Gasteiger partial charge in [-0.3, -0.25) is 0 Å². The molecule has 0 saturated heterocycles. The van der Waals surface area contributed by atoms with Crippen LogP contribution >= 0.6 is 12.4 Å². The first-order valence-electron chi connectivity index (χ1n) is 3.86. The van der Waals surface area contributed by atoms with E-state index in [-0.39, 0.29) is 12.4 Å². The standard InChI is InChI=1S/C10H15N.ClH/c1-8-5-6-10(11(3)4)7-9(8)2;/h5-7H,1-4H3;1H. The van der Waals surface area contributed by atoms with Crippen LogP contribution in [0.3, 0.4) is 0 Å². The van der Waals surface area contributed by atoms with E-state index in [4.69, 9.17) is 0 Å². The number of anilines is 1. The third-order valence-electron chi connectivity index (χ3n) is 2.01. The van der Waals surface area contributed by atoms with E-state index in [1.165, 1.54) is 16.8 Å². The second-order valence-corrected chi connectivity index (χ2v) is 3.16. The molecule has 0 saturated carbocycles. The fourth-order valence-corrected chi connectivity index (χ4v) is 1.00. The molecule has 0 aliphatic carbocycles. The number of hydrogen-bond acceptors (Lipinski definition) is 1. The lowest BCUT2D eigenvalue weighted by Crippen LogP contribution is -2.08. The van der Waals surface area contributed by atoms with Crippen LogP contribution < -0.4 is 4.90 Å². The van der Waals surface area contributed by atoms with E-state index >= 15 is 0 Å². The minimum atomic E-state index is 0. The lowest BCUT2D eigenvalue weighted by molar-refractivity contribution is 1.12. The number of halogens is 1. The van der Waals surface area contributed by atoms with E-state index in [9.17, 15) is 0 Å². The molecule has 0 fully saturated rings. The molecule has 0 radical (unpaired) electrons. The predicted molar refractivity (Wildman–Crippen MR) is 57.5 cm³/mol. The zero-order chi connectivity index (χ0) is 8.43. The van der Waals surface area contributed by atoms with E-state index in [1.54, 1.807) is 0 Å². The summed E-state index contributed by atoms with van der Waals surface area (Å²) in [6, 6.07) is 6.50. The van der Waals surface area contributed by atoms with E-state index in [0.717, 1.165) is 0 Å². The van der Waals surface area contributed by atoms with Crippen molar-refractivity contribution in [3.63, 3.8) is 0 Å². The first kappa shape index (κ1) is 11.3. The largest absolute Gasteiger partial charge is 0.378 e. The molecule has 1 aromatic rings. The molecule has 1 nitrogen and oxygen atoms in total. The number of nitrogens with zero attached hydrogens (tertiary/aromatic N) is 1. The Kier molecular flexibility index (Phi) is 4.11. The summed E-state index contributed by atoms with van der Waals surface area (Å²) in [4.78, 5) is 2.12. The van der Waals surface area contributed by atoms with Gasteiger partial charge in [-0.2, -0.15) is 0 Å². The normalized spacial score (nSPS) is 9.00. The maximum Gasteiger partial charge on any atom is 0.0363 e. The van der Waals surface area contributed by atoms with Crippen LogP contribution in [0.15, 0.2) is 18.2 Å². The zero-order valence-corrected chi connectivity index (χ0v) is 8.90. The Labute approximate surface area is 80.8 Å². The smallest absolute Gasteiger partial charge is 0.0363 e. The lowest BCUT2D eigenvalue weighted by atomic mass is 10.1. The van der Waals surface area contributed by atoms with Gasteiger partial charge >= 0.3 is 0 Å². The van der Waals surface area contributed by atoms with Gasteiger partial charge in [0.2, 0.25) is 0 Å². The van der Waals surface area contributed by atoms with Crippen molar-refractivity contribution in [2.75, 3.05) is 19.0 Å². The van der Waals surface area contributed by atoms with Crippen molar-refractivity contribution < 1.29 is 0 Å². The fraction of sp³-hybridized carbons (Fsp3) is 0.400. The van der Waals surface area contributed by atoms with Gasteiger partial charge < -0.3 is 4.90 Å². The molecule has 0 N–H and O–H groups in total. The van der Waals surface area contributed by atoms with E-state index in [0.29, 0.717) is 0 Å². The van der Waals surface area contributed by atoms with Crippen molar-refractivity contribution in [3.8, 4) is 0 Å². The highest BCUT2D eigenvalue weighted by molar-refractivity contribution is 5.85. The van der Waals surface area contributed by atoms with Crippen molar-refractivity contribution in [2.45, 2.75) is 13.8 Å². The third-order valence-corrected chi connectivity index (χ3v) is 2.01. The lowest BCUT2D eigenvalue weighted by Gasteiger charge is -2.13. The van der Waals surface area contributed by atoms with E-state index < -0.39 is 0 Å². The fourth-order valence-electron chi connectivity index (χ4n) is 1.00. The topological polar surface area (TPSA) is 3.24 Å². The summed E-state index contributed by atoms with van der Waals surface area (Å²) in [7, 11) is 4.12. The van der Waals surface area contributed by atoms with Gasteiger partial charge in [0.05, 0.1) is 0 Å². The van der Waals surface area contributed by atoms with Crippen LogP contribution in [0.1, 0.15) is 11.1 Å². The molecule has 12 heavy (non-hydrogen) atoms. The molecular weight excluding hydrogens is 170 g/mol. The Bertz CT molecular complexity index is 256. The number of hydrogen-bond donors (Lipinski definition) is 0.